The van der Waals surface area contributed by atoms with Gasteiger partial charge in [-0.05, 0) is 43.1 Å². The Hall–Kier alpha value is -1.81. The number of hydrogen-bond acceptors (Lipinski definition) is 3. The van der Waals surface area contributed by atoms with E-state index in [9.17, 15) is 4.39 Å². The zero-order chi connectivity index (χ0) is 13.7. The Morgan fingerprint density at radius 1 is 1.26 bits per heavy atom. The maximum atomic E-state index is 13.0. The molecule has 0 spiro atoms. The molecule has 0 bridgehead atoms. The Bertz CT molecular complexity index is 525. The number of nitrogens with zero attached hydrogens (tertiary/aromatic N) is 2. The predicted molar refractivity (Wildman–Crippen MR) is 73.3 cm³/mol. The Labute approximate surface area is 112 Å². The van der Waals surface area contributed by atoms with Crippen molar-refractivity contribution in [1.82, 2.24) is 15.3 Å². The van der Waals surface area contributed by atoms with Gasteiger partial charge in [-0.3, -0.25) is 9.97 Å². The average Bonchev–Trinajstić information content (AvgIpc) is 2.41. The van der Waals surface area contributed by atoms with Crippen molar-refractivity contribution in [2.45, 2.75) is 26.3 Å². The normalized spacial score (nSPS) is 12.4. The molecule has 0 saturated heterocycles. The van der Waals surface area contributed by atoms with Gasteiger partial charge in [0.1, 0.15) is 5.82 Å². The van der Waals surface area contributed by atoms with E-state index in [0.717, 1.165) is 29.8 Å². The third-order valence-corrected chi connectivity index (χ3v) is 2.87. The topological polar surface area (TPSA) is 37.8 Å². The predicted octanol–water partition coefficient (Wildman–Crippen LogP) is 3.01. The van der Waals surface area contributed by atoms with Gasteiger partial charge in [0.15, 0.2) is 0 Å². The zero-order valence-corrected chi connectivity index (χ0v) is 11.2. The first kappa shape index (κ1) is 13.6. The molecular formula is C15H18FN3. The van der Waals surface area contributed by atoms with Crippen molar-refractivity contribution in [2.75, 3.05) is 6.54 Å². The van der Waals surface area contributed by atoms with Crippen LogP contribution in [0.15, 0.2) is 36.8 Å². The SMILES string of the molecule is CCCNC(c1cncc(C)c1)c1ccc(F)cn1. The monoisotopic (exact) mass is 259 g/mol. The maximum Gasteiger partial charge on any atom is 0.141 e. The molecule has 1 N–H and O–H groups in total. The van der Waals surface area contributed by atoms with E-state index in [2.05, 4.69) is 28.3 Å². The summed E-state index contributed by atoms with van der Waals surface area (Å²) in [6, 6.07) is 5.18. The summed E-state index contributed by atoms with van der Waals surface area (Å²) in [6.45, 7) is 4.99. The van der Waals surface area contributed by atoms with E-state index in [-0.39, 0.29) is 11.9 Å². The molecule has 0 aliphatic heterocycles. The van der Waals surface area contributed by atoms with Gasteiger partial charge >= 0.3 is 0 Å². The second kappa shape index (κ2) is 6.38. The summed E-state index contributed by atoms with van der Waals surface area (Å²) < 4.78 is 13.0. The van der Waals surface area contributed by atoms with Crippen LogP contribution < -0.4 is 5.32 Å². The van der Waals surface area contributed by atoms with Crippen LogP contribution in [-0.2, 0) is 0 Å². The molecule has 3 nitrogen and oxygen atoms in total. The number of hydrogen-bond donors (Lipinski definition) is 1. The highest BCUT2D eigenvalue weighted by atomic mass is 19.1. The molecule has 0 aliphatic carbocycles. The van der Waals surface area contributed by atoms with Crippen LogP contribution in [0.5, 0.6) is 0 Å². The van der Waals surface area contributed by atoms with E-state index < -0.39 is 0 Å². The molecule has 4 heteroatoms. The number of pyridine rings is 2. The minimum atomic E-state index is -0.319. The largest absolute Gasteiger partial charge is 0.305 e. The van der Waals surface area contributed by atoms with E-state index in [0.29, 0.717) is 0 Å². The van der Waals surface area contributed by atoms with Crippen molar-refractivity contribution < 1.29 is 4.39 Å². The molecule has 0 amide bonds. The first-order valence-electron chi connectivity index (χ1n) is 6.47. The van der Waals surface area contributed by atoms with Crippen molar-refractivity contribution in [3.05, 3.63) is 59.4 Å². The van der Waals surface area contributed by atoms with E-state index >= 15 is 0 Å². The second-order valence-electron chi connectivity index (χ2n) is 4.58. The van der Waals surface area contributed by atoms with Gasteiger partial charge in [0.05, 0.1) is 17.9 Å². The molecule has 0 radical (unpaired) electrons. The van der Waals surface area contributed by atoms with Crippen LogP contribution in [0.3, 0.4) is 0 Å². The van der Waals surface area contributed by atoms with Crippen molar-refractivity contribution in [3.8, 4) is 0 Å². The third-order valence-electron chi connectivity index (χ3n) is 2.87. The van der Waals surface area contributed by atoms with Gasteiger partial charge in [-0.25, -0.2) is 4.39 Å². The summed E-state index contributed by atoms with van der Waals surface area (Å²) in [4.78, 5) is 8.39. The Kier molecular flexibility index (Phi) is 4.58. The van der Waals surface area contributed by atoms with Crippen LogP contribution >= 0.6 is 0 Å². The van der Waals surface area contributed by atoms with E-state index in [1.54, 1.807) is 6.07 Å². The molecule has 2 aromatic heterocycles. The third kappa shape index (κ3) is 3.58. The number of halogens is 1. The Morgan fingerprint density at radius 2 is 2.11 bits per heavy atom. The molecular weight excluding hydrogens is 241 g/mol. The van der Waals surface area contributed by atoms with Gasteiger partial charge in [0, 0.05) is 12.4 Å². The lowest BCUT2D eigenvalue weighted by atomic mass is 10.0. The highest BCUT2D eigenvalue weighted by Gasteiger charge is 2.15. The molecule has 100 valence electrons. The lowest BCUT2D eigenvalue weighted by Gasteiger charge is -2.18. The van der Waals surface area contributed by atoms with Gasteiger partial charge in [-0.1, -0.05) is 13.0 Å². The first-order chi connectivity index (χ1) is 9.20. The summed E-state index contributed by atoms with van der Waals surface area (Å²) in [5, 5.41) is 3.42. The summed E-state index contributed by atoms with van der Waals surface area (Å²) >= 11 is 0. The van der Waals surface area contributed by atoms with Crippen molar-refractivity contribution in [1.29, 1.82) is 0 Å². The molecule has 0 saturated carbocycles. The van der Waals surface area contributed by atoms with Crippen LogP contribution in [0.1, 0.15) is 36.2 Å². The molecule has 1 atom stereocenters. The van der Waals surface area contributed by atoms with Crippen molar-refractivity contribution >= 4 is 0 Å². The standard InChI is InChI=1S/C15H18FN3/c1-3-6-18-15(12-7-11(2)8-17-9-12)14-5-4-13(16)10-19-14/h4-5,7-10,15,18H,3,6H2,1-2H3. The number of rotatable bonds is 5. The molecule has 2 aromatic rings. The zero-order valence-electron chi connectivity index (χ0n) is 11.2. The van der Waals surface area contributed by atoms with E-state index in [4.69, 9.17) is 0 Å². The number of nitrogens with one attached hydrogen (secondary N) is 1. The molecule has 2 heterocycles. The highest BCUT2D eigenvalue weighted by molar-refractivity contribution is 5.28. The van der Waals surface area contributed by atoms with Gasteiger partial charge in [0.25, 0.3) is 0 Å². The molecule has 1 unspecified atom stereocenters. The van der Waals surface area contributed by atoms with Crippen LogP contribution in [0, 0.1) is 12.7 Å². The van der Waals surface area contributed by atoms with Gasteiger partial charge in [-0.15, -0.1) is 0 Å². The summed E-state index contributed by atoms with van der Waals surface area (Å²) in [6.07, 6.45) is 5.92. The number of aromatic nitrogens is 2. The van der Waals surface area contributed by atoms with Gasteiger partial charge in [0.2, 0.25) is 0 Å². The fourth-order valence-corrected chi connectivity index (χ4v) is 1.98. The van der Waals surface area contributed by atoms with Crippen molar-refractivity contribution in [2.24, 2.45) is 0 Å². The fourth-order valence-electron chi connectivity index (χ4n) is 1.98. The minimum Gasteiger partial charge on any atom is -0.305 e. The molecule has 2 rings (SSSR count). The lowest BCUT2D eigenvalue weighted by molar-refractivity contribution is 0.575. The first-order valence-corrected chi connectivity index (χ1v) is 6.47. The summed E-state index contributed by atoms with van der Waals surface area (Å²) in [5.74, 6) is -0.319. The molecule has 0 aromatic carbocycles. The van der Waals surface area contributed by atoms with E-state index in [1.807, 2.05) is 19.3 Å². The highest BCUT2D eigenvalue weighted by Crippen LogP contribution is 2.20. The molecule has 19 heavy (non-hydrogen) atoms. The fraction of sp³-hybridized carbons (Fsp3) is 0.333. The quantitative estimate of drug-likeness (QED) is 0.897. The van der Waals surface area contributed by atoms with Crippen molar-refractivity contribution in [3.63, 3.8) is 0 Å². The number of aryl methyl sites for hydroxylation is 1. The maximum absolute atomic E-state index is 13.0. The summed E-state index contributed by atoms with van der Waals surface area (Å²) in [7, 11) is 0. The Balaban J connectivity index is 2.32. The second-order valence-corrected chi connectivity index (χ2v) is 4.58. The van der Waals surface area contributed by atoms with E-state index in [1.165, 1.54) is 12.3 Å². The van der Waals surface area contributed by atoms with Crippen LogP contribution in [0.4, 0.5) is 4.39 Å². The average molecular weight is 259 g/mol. The summed E-state index contributed by atoms with van der Waals surface area (Å²) in [5.41, 5.74) is 2.96. The van der Waals surface area contributed by atoms with Crippen LogP contribution in [0.2, 0.25) is 0 Å². The minimum absolute atomic E-state index is 0.0482. The molecule has 0 fully saturated rings. The van der Waals surface area contributed by atoms with Crippen LogP contribution in [0.25, 0.3) is 0 Å². The van der Waals surface area contributed by atoms with Gasteiger partial charge in [-0.2, -0.15) is 0 Å². The van der Waals surface area contributed by atoms with Gasteiger partial charge < -0.3 is 5.32 Å². The van der Waals surface area contributed by atoms with Crippen LogP contribution in [-0.4, -0.2) is 16.5 Å². The smallest absolute Gasteiger partial charge is 0.141 e. The Morgan fingerprint density at radius 3 is 2.74 bits per heavy atom. The lowest BCUT2D eigenvalue weighted by Crippen LogP contribution is -2.24. The molecule has 0 aliphatic rings.